The molecule has 0 amide bonds. The standard InChI is InChI=1S/C25H32F2N2O5/c1-32-20-4-2-19(3-5-20)29-10-8-24(30,9-11-29)15-28-12-13-33-17-25(31,16-28)18-34-21-6-7-22(26)23(27)14-21/h2-7,14,30-31H,8-13,15-18H2,1H3. The lowest BCUT2D eigenvalue weighted by atomic mass is 9.90. The van der Waals surface area contributed by atoms with E-state index in [-0.39, 0.29) is 25.5 Å². The fraction of sp³-hybridized carbons (Fsp3) is 0.520. The second kappa shape index (κ2) is 10.4. The summed E-state index contributed by atoms with van der Waals surface area (Å²) in [6.45, 7) is 2.98. The highest BCUT2D eigenvalue weighted by molar-refractivity contribution is 5.49. The Kier molecular flexibility index (Phi) is 7.57. The Hall–Kier alpha value is -2.46. The predicted molar refractivity (Wildman–Crippen MR) is 123 cm³/mol. The van der Waals surface area contributed by atoms with E-state index >= 15 is 0 Å². The van der Waals surface area contributed by atoms with Crippen molar-refractivity contribution in [1.29, 1.82) is 0 Å². The van der Waals surface area contributed by atoms with Gasteiger partial charge in [0.2, 0.25) is 0 Å². The van der Waals surface area contributed by atoms with Crippen LogP contribution in [0.3, 0.4) is 0 Å². The summed E-state index contributed by atoms with van der Waals surface area (Å²) >= 11 is 0. The molecule has 2 aromatic rings. The third-order valence-electron chi connectivity index (χ3n) is 6.49. The van der Waals surface area contributed by atoms with E-state index < -0.39 is 22.8 Å². The van der Waals surface area contributed by atoms with Crippen molar-refractivity contribution in [3.8, 4) is 11.5 Å². The van der Waals surface area contributed by atoms with Crippen molar-refractivity contribution in [1.82, 2.24) is 4.90 Å². The SMILES string of the molecule is COc1ccc(N2CCC(O)(CN3CCOCC(O)(COc4ccc(F)c(F)c4)C3)CC2)cc1. The second-order valence-corrected chi connectivity index (χ2v) is 9.26. The number of rotatable bonds is 7. The molecule has 0 spiro atoms. The molecule has 0 aromatic heterocycles. The Labute approximate surface area is 198 Å². The topological polar surface area (TPSA) is 74.6 Å². The van der Waals surface area contributed by atoms with Crippen molar-refractivity contribution in [2.45, 2.75) is 24.0 Å². The molecule has 2 fully saturated rings. The number of hydrogen-bond donors (Lipinski definition) is 2. The minimum absolute atomic E-state index is 0.0524. The van der Waals surface area contributed by atoms with Crippen LogP contribution in [-0.4, -0.2) is 86.0 Å². The first-order valence-electron chi connectivity index (χ1n) is 11.5. The third-order valence-corrected chi connectivity index (χ3v) is 6.49. The monoisotopic (exact) mass is 478 g/mol. The molecule has 0 radical (unpaired) electrons. The maximum absolute atomic E-state index is 13.5. The van der Waals surface area contributed by atoms with Crippen LogP contribution < -0.4 is 14.4 Å². The molecule has 0 bridgehead atoms. The molecule has 2 aliphatic rings. The van der Waals surface area contributed by atoms with Crippen molar-refractivity contribution in [3.63, 3.8) is 0 Å². The van der Waals surface area contributed by atoms with E-state index in [9.17, 15) is 19.0 Å². The van der Waals surface area contributed by atoms with Gasteiger partial charge in [-0.25, -0.2) is 8.78 Å². The van der Waals surface area contributed by atoms with Gasteiger partial charge in [-0.15, -0.1) is 0 Å². The van der Waals surface area contributed by atoms with Gasteiger partial charge in [-0.3, -0.25) is 4.90 Å². The van der Waals surface area contributed by atoms with E-state index in [0.29, 0.717) is 32.5 Å². The lowest BCUT2D eigenvalue weighted by molar-refractivity contribution is -0.0743. The zero-order valence-corrected chi connectivity index (χ0v) is 19.4. The molecule has 2 heterocycles. The number of nitrogens with zero attached hydrogens (tertiary/aromatic N) is 2. The number of piperidine rings is 1. The van der Waals surface area contributed by atoms with E-state index in [2.05, 4.69) is 4.90 Å². The van der Waals surface area contributed by atoms with Crippen LogP contribution in [0.1, 0.15) is 12.8 Å². The summed E-state index contributed by atoms with van der Waals surface area (Å²) in [4.78, 5) is 4.23. The Bertz CT molecular complexity index is 953. The largest absolute Gasteiger partial charge is 0.497 e. The van der Waals surface area contributed by atoms with Gasteiger partial charge in [0.05, 0.1) is 25.9 Å². The number of methoxy groups -OCH3 is 1. The number of ether oxygens (including phenoxy) is 3. The van der Waals surface area contributed by atoms with Gasteiger partial charge in [-0.1, -0.05) is 0 Å². The molecule has 4 rings (SSSR count). The van der Waals surface area contributed by atoms with E-state index in [1.54, 1.807) is 7.11 Å². The van der Waals surface area contributed by atoms with Crippen molar-refractivity contribution in [3.05, 3.63) is 54.1 Å². The number of β-amino-alcohol motifs (C(OH)–C–C–N with tert-alkyl or cyclic N) is 2. The Morgan fingerprint density at radius 2 is 1.65 bits per heavy atom. The minimum Gasteiger partial charge on any atom is -0.497 e. The summed E-state index contributed by atoms with van der Waals surface area (Å²) in [6, 6.07) is 11.1. The van der Waals surface area contributed by atoms with Crippen molar-refractivity contribution in [2.24, 2.45) is 0 Å². The minimum atomic E-state index is -1.35. The maximum Gasteiger partial charge on any atom is 0.162 e. The fourth-order valence-electron chi connectivity index (χ4n) is 4.55. The Morgan fingerprint density at radius 3 is 2.32 bits per heavy atom. The molecule has 1 unspecified atom stereocenters. The highest BCUT2D eigenvalue weighted by Gasteiger charge is 2.39. The molecule has 7 nitrogen and oxygen atoms in total. The summed E-state index contributed by atoms with van der Waals surface area (Å²) in [5, 5.41) is 22.4. The average molecular weight is 479 g/mol. The highest BCUT2D eigenvalue weighted by atomic mass is 19.2. The van der Waals surface area contributed by atoms with Crippen molar-refractivity contribution >= 4 is 5.69 Å². The van der Waals surface area contributed by atoms with E-state index in [1.165, 1.54) is 6.07 Å². The molecule has 0 saturated carbocycles. The summed E-state index contributed by atoms with van der Waals surface area (Å²) in [7, 11) is 1.64. The van der Waals surface area contributed by atoms with Gasteiger partial charge in [-0.05, 0) is 49.2 Å². The number of halogens is 2. The molecule has 2 N–H and O–H groups in total. The molecule has 1 atom stereocenters. The maximum atomic E-state index is 13.5. The summed E-state index contributed by atoms with van der Waals surface area (Å²) in [5.74, 6) is -1.03. The molecule has 186 valence electrons. The molecule has 2 saturated heterocycles. The molecule has 2 aliphatic heterocycles. The zero-order valence-electron chi connectivity index (χ0n) is 19.4. The molecule has 0 aliphatic carbocycles. The number of hydrogen-bond acceptors (Lipinski definition) is 7. The zero-order chi connectivity index (χ0) is 24.2. The van der Waals surface area contributed by atoms with Crippen LogP contribution in [-0.2, 0) is 4.74 Å². The number of aliphatic hydroxyl groups is 2. The number of benzene rings is 2. The Morgan fingerprint density at radius 1 is 0.941 bits per heavy atom. The van der Waals surface area contributed by atoms with E-state index in [1.807, 2.05) is 29.2 Å². The lowest BCUT2D eigenvalue weighted by Crippen LogP contribution is -2.55. The summed E-state index contributed by atoms with van der Waals surface area (Å²) < 4.78 is 42.9. The summed E-state index contributed by atoms with van der Waals surface area (Å²) in [5.41, 5.74) is -1.13. The lowest BCUT2D eigenvalue weighted by Gasteiger charge is -2.42. The first-order chi connectivity index (χ1) is 16.3. The average Bonchev–Trinajstić information content (AvgIpc) is 3.01. The molecular weight excluding hydrogens is 446 g/mol. The van der Waals surface area contributed by atoms with E-state index in [0.717, 1.165) is 36.7 Å². The van der Waals surface area contributed by atoms with Crippen LogP contribution in [0.2, 0.25) is 0 Å². The van der Waals surface area contributed by atoms with Gasteiger partial charge in [-0.2, -0.15) is 0 Å². The van der Waals surface area contributed by atoms with Gasteiger partial charge in [0.1, 0.15) is 23.7 Å². The quantitative estimate of drug-likeness (QED) is 0.633. The third kappa shape index (κ3) is 6.15. The normalized spacial score (nSPS) is 23.4. The van der Waals surface area contributed by atoms with Crippen LogP contribution in [0.15, 0.2) is 42.5 Å². The summed E-state index contributed by atoms with van der Waals surface area (Å²) in [6.07, 6.45) is 1.19. The van der Waals surface area contributed by atoms with Crippen molar-refractivity contribution < 1.29 is 33.2 Å². The molecular formula is C25H32F2N2O5. The van der Waals surface area contributed by atoms with Crippen LogP contribution in [0, 0.1) is 11.6 Å². The van der Waals surface area contributed by atoms with Crippen molar-refractivity contribution in [2.75, 3.05) is 64.6 Å². The predicted octanol–water partition coefficient (Wildman–Crippen LogP) is 2.45. The highest BCUT2D eigenvalue weighted by Crippen LogP contribution is 2.29. The Balaban J connectivity index is 1.32. The van der Waals surface area contributed by atoms with Crippen LogP contribution >= 0.6 is 0 Å². The molecule has 34 heavy (non-hydrogen) atoms. The van der Waals surface area contributed by atoms with Crippen LogP contribution in [0.4, 0.5) is 14.5 Å². The molecule has 2 aromatic carbocycles. The van der Waals surface area contributed by atoms with Gasteiger partial charge in [0.15, 0.2) is 11.6 Å². The van der Waals surface area contributed by atoms with Gasteiger partial charge < -0.3 is 29.3 Å². The smallest absolute Gasteiger partial charge is 0.162 e. The van der Waals surface area contributed by atoms with Crippen LogP contribution in [0.5, 0.6) is 11.5 Å². The first-order valence-corrected chi connectivity index (χ1v) is 11.5. The van der Waals surface area contributed by atoms with Gasteiger partial charge in [0.25, 0.3) is 0 Å². The van der Waals surface area contributed by atoms with Gasteiger partial charge >= 0.3 is 0 Å². The fourth-order valence-corrected chi connectivity index (χ4v) is 4.55. The first kappa shape index (κ1) is 24.7. The molecule has 9 heteroatoms. The van der Waals surface area contributed by atoms with E-state index in [4.69, 9.17) is 14.2 Å². The van der Waals surface area contributed by atoms with Crippen LogP contribution in [0.25, 0.3) is 0 Å². The van der Waals surface area contributed by atoms with Gasteiger partial charge in [0, 0.05) is 44.5 Å². The second-order valence-electron chi connectivity index (χ2n) is 9.26. The number of anilines is 1.